The molecule has 2 fully saturated rings. The zero-order valence-electron chi connectivity index (χ0n) is 16.4. The number of carboxylic acid groups (broad SMARTS) is 1. The van der Waals surface area contributed by atoms with E-state index >= 15 is 0 Å². The number of piperidine rings is 1. The van der Waals surface area contributed by atoms with Gasteiger partial charge in [0.2, 0.25) is 0 Å². The van der Waals surface area contributed by atoms with Crippen LogP contribution in [0.1, 0.15) is 35.7 Å². The molecule has 6 unspecified atom stereocenters. The predicted molar refractivity (Wildman–Crippen MR) is 105 cm³/mol. The lowest BCUT2D eigenvalue weighted by Gasteiger charge is -2.52. The van der Waals surface area contributed by atoms with Crippen molar-refractivity contribution in [3.8, 4) is 0 Å². The first-order chi connectivity index (χ1) is 13.5. The summed E-state index contributed by atoms with van der Waals surface area (Å²) in [6, 6.07) is 6.78. The van der Waals surface area contributed by atoms with Gasteiger partial charge in [0.05, 0.1) is 24.2 Å². The van der Waals surface area contributed by atoms with E-state index in [0.29, 0.717) is 6.42 Å². The average Bonchev–Trinajstić information content (AvgIpc) is 3.03. The Hall–Kier alpha value is -1.89. The number of methoxy groups -OCH3 is 1. The molecule has 0 bridgehead atoms. The fourth-order valence-corrected chi connectivity index (χ4v) is 6.15. The summed E-state index contributed by atoms with van der Waals surface area (Å²) in [5.74, 6) is -1.28. The van der Waals surface area contributed by atoms with Crippen molar-refractivity contribution in [3.63, 3.8) is 0 Å². The minimum Gasteiger partial charge on any atom is -0.481 e. The summed E-state index contributed by atoms with van der Waals surface area (Å²) >= 11 is 0. The lowest BCUT2D eigenvalue weighted by molar-refractivity contribution is -0.172. The minimum absolute atomic E-state index is 0.0196. The monoisotopic (exact) mass is 384 g/mol. The number of rotatable bonds is 2. The van der Waals surface area contributed by atoms with Crippen molar-refractivity contribution >= 4 is 16.9 Å². The van der Waals surface area contributed by atoms with Gasteiger partial charge in [-0.2, -0.15) is 0 Å². The first-order valence-corrected chi connectivity index (χ1v) is 10.3. The minimum atomic E-state index is -0.850. The Balaban J connectivity index is 1.53. The maximum Gasteiger partial charge on any atom is 0.309 e. The molecule has 1 aromatic heterocycles. The van der Waals surface area contributed by atoms with Crippen molar-refractivity contribution in [2.75, 3.05) is 20.2 Å². The van der Waals surface area contributed by atoms with E-state index in [1.807, 2.05) is 0 Å². The van der Waals surface area contributed by atoms with Gasteiger partial charge in [0.1, 0.15) is 0 Å². The van der Waals surface area contributed by atoms with Crippen molar-refractivity contribution in [1.82, 2.24) is 9.88 Å². The number of fused-ring (bicyclic) bond motifs is 6. The van der Waals surface area contributed by atoms with Crippen LogP contribution in [0.25, 0.3) is 10.9 Å². The van der Waals surface area contributed by atoms with Crippen LogP contribution in [0.2, 0.25) is 0 Å². The summed E-state index contributed by atoms with van der Waals surface area (Å²) in [6.07, 6.45) is 1.10. The number of carbonyl (C=O) groups is 1. The van der Waals surface area contributed by atoms with Crippen LogP contribution in [0.4, 0.5) is 0 Å². The Kier molecular flexibility index (Phi) is 4.27. The van der Waals surface area contributed by atoms with Gasteiger partial charge >= 0.3 is 5.97 Å². The number of aromatic nitrogens is 1. The van der Waals surface area contributed by atoms with E-state index in [1.165, 1.54) is 34.8 Å². The molecule has 28 heavy (non-hydrogen) atoms. The van der Waals surface area contributed by atoms with Crippen LogP contribution >= 0.6 is 0 Å². The molecule has 1 aliphatic carbocycles. The number of nitrogens with one attached hydrogen (secondary N) is 1. The molecule has 6 nitrogen and oxygen atoms in total. The maximum atomic E-state index is 12.1. The summed E-state index contributed by atoms with van der Waals surface area (Å²) in [5, 5.41) is 21.7. The van der Waals surface area contributed by atoms with E-state index < -0.39 is 24.1 Å². The number of ether oxygens (including phenoxy) is 1. The maximum absolute atomic E-state index is 12.1. The van der Waals surface area contributed by atoms with Gasteiger partial charge in [-0.15, -0.1) is 0 Å². The van der Waals surface area contributed by atoms with Crippen LogP contribution in [0.15, 0.2) is 18.2 Å². The van der Waals surface area contributed by atoms with Gasteiger partial charge in [-0.25, -0.2) is 0 Å². The van der Waals surface area contributed by atoms with Gasteiger partial charge in [0, 0.05) is 36.8 Å². The molecule has 3 heterocycles. The van der Waals surface area contributed by atoms with Crippen LogP contribution in [0, 0.1) is 24.7 Å². The molecule has 1 aromatic carbocycles. The normalized spacial score (nSPS) is 35.2. The molecule has 2 aromatic rings. The SMILES string of the molecule is COC1C(O)CC2CN3CCc4c([nH]c5cc(C)ccc45)C3CC2C1C(=O)O. The van der Waals surface area contributed by atoms with E-state index in [4.69, 9.17) is 4.74 Å². The summed E-state index contributed by atoms with van der Waals surface area (Å²) in [7, 11) is 1.51. The number of benzene rings is 1. The number of H-pyrrole nitrogens is 1. The lowest BCUT2D eigenvalue weighted by Crippen LogP contribution is -2.57. The molecule has 3 N–H and O–H groups in total. The van der Waals surface area contributed by atoms with E-state index in [0.717, 1.165) is 25.9 Å². The number of hydrogen-bond acceptors (Lipinski definition) is 4. The number of aromatic amines is 1. The Bertz CT molecular complexity index is 923. The van der Waals surface area contributed by atoms with Gasteiger partial charge in [0.15, 0.2) is 0 Å². The Morgan fingerprint density at radius 3 is 2.89 bits per heavy atom. The van der Waals surface area contributed by atoms with Crippen LogP contribution in [0.5, 0.6) is 0 Å². The molecular weight excluding hydrogens is 356 g/mol. The fraction of sp³-hybridized carbons (Fsp3) is 0.591. The Labute approximate surface area is 164 Å². The summed E-state index contributed by atoms with van der Waals surface area (Å²) in [6.45, 7) is 3.94. The van der Waals surface area contributed by atoms with Crippen molar-refractivity contribution < 1.29 is 19.7 Å². The number of aliphatic hydroxyl groups excluding tert-OH is 1. The highest BCUT2D eigenvalue weighted by molar-refractivity contribution is 5.85. The van der Waals surface area contributed by atoms with E-state index in [2.05, 4.69) is 35.0 Å². The highest BCUT2D eigenvalue weighted by Crippen LogP contribution is 2.49. The molecule has 0 spiro atoms. The molecule has 0 amide bonds. The van der Waals surface area contributed by atoms with Gasteiger partial charge in [-0.05, 0) is 55.2 Å². The van der Waals surface area contributed by atoms with Crippen LogP contribution in [-0.2, 0) is 16.0 Å². The molecule has 2 aliphatic heterocycles. The van der Waals surface area contributed by atoms with E-state index in [1.54, 1.807) is 0 Å². The van der Waals surface area contributed by atoms with E-state index in [9.17, 15) is 15.0 Å². The van der Waals surface area contributed by atoms with Crippen LogP contribution in [0.3, 0.4) is 0 Å². The zero-order valence-corrected chi connectivity index (χ0v) is 16.4. The van der Waals surface area contributed by atoms with Crippen molar-refractivity contribution in [1.29, 1.82) is 0 Å². The third-order valence-electron chi connectivity index (χ3n) is 7.38. The first kappa shape index (κ1) is 18.2. The molecule has 3 aliphatic rings. The van der Waals surface area contributed by atoms with Crippen molar-refractivity contribution in [2.45, 2.75) is 44.4 Å². The second-order valence-corrected chi connectivity index (χ2v) is 8.85. The largest absolute Gasteiger partial charge is 0.481 e. The third kappa shape index (κ3) is 2.62. The summed E-state index contributed by atoms with van der Waals surface area (Å²) in [5.41, 5.74) is 5.06. The smallest absolute Gasteiger partial charge is 0.309 e. The van der Waals surface area contributed by atoms with E-state index in [-0.39, 0.29) is 17.9 Å². The average molecular weight is 384 g/mol. The first-order valence-electron chi connectivity index (χ1n) is 10.3. The predicted octanol–water partition coefficient (Wildman–Crippen LogP) is 2.49. The molecule has 1 saturated carbocycles. The molecule has 150 valence electrons. The summed E-state index contributed by atoms with van der Waals surface area (Å²) in [4.78, 5) is 18.2. The lowest BCUT2D eigenvalue weighted by atomic mass is 9.64. The van der Waals surface area contributed by atoms with Crippen molar-refractivity contribution in [2.24, 2.45) is 17.8 Å². The number of aliphatic hydroxyl groups is 1. The second kappa shape index (κ2) is 6.58. The van der Waals surface area contributed by atoms with Crippen LogP contribution in [-0.4, -0.2) is 58.5 Å². The van der Waals surface area contributed by atoms with Gasteiger partial charge in [-0.3, -0.25) is 9.69 Å². The van der Waals surface area contributed by atoms with Gasteiger partial charge < -0.3 is 19.9 Å². The van der Waals surface area contributed by atoms with Gasteiger partial charge in [-0.1, -0.05) is 12.1 Å². The zero-order chi connectivity index (χ0) is 19.6. The Morgan fingerprint density at radius 2 is 2.14 bits per heavy atom. The number of aryl methyl sites for hydroxylation is 1. The molecular formula is C22H28N2O4. The molecule has 1 saturated heterocycles. The molecule has 0 radical (unpaired) electrons. The number of nitrogens with zero attached hydrogens (tertiary/aromatic N) is 1. The van der Waals surface area contributed by atoms with Crippen molar-refractivity contribution in [3.05, 3.63) is 35.0 Å². The molecule has 6 heteroatoms. The number of carboxylic acids is 1. The molecule has 5 rings (SSSR count). The fourth-order valence-electron chi connectivity index (χ4n) is 6.15. The highest BCUT2D eigenvalue weighted by atomic mass is 16.5. The number of hydrogen-bond donors (Lipinski definition) is 3. The molecule has 6 atom stereocenters. The standard InChI is InChI=1S/C22H28N2O4/c1-11-3-4-13-14-5-6-24-10-12-8-18(25)21(28-2)19(22(26)27)15(12)9-17(24)20(14)23-16(13)7-11/h3-4,7,12,15,17-19,21,23,25H,5-6,8-10H2,1-2H3,(H,26,27). The summed E-state index contributed by atoms with van der Waals surface area (Å²) < 4.78 is 5.44. The topological polar surface area (TPSA) is 85.8 Å². The Morgan fingerprint density at radius 1 is 1.32 bits per heavy atom. The third-order valence-corrected chi connectivity index (χ3v) is 7.38. The quantitative estimate of drug-likeness (QED) is 0.741. The van der Waals surface area contributed by atoms with Gasteiger partial charge in [0.25, 0.3) is 0 Å². The number of aliphatic carboxylic acids is 1. The highest BCUT2D eigenvalue weighted by Gasteiger charge is 2.52. The van der Waals surface area contributed by atoms with Crippen LogP contribution < -0.4 is 0 Å². The second-order valence-electron chi connectivity index (χ2n) is 8.85.